The highest BCUT2D eigenvalue weighted by molar-refractivity contribution is 9.10. The SMILES string of the molecule is CC(=O)CC1CCCN1C(=O)c1ccc(Br)c(Cl)c1. The lowest BCUT2D eigenvalue weighted by Crippen LogP contribution is -2.36. The fraction of sp³-hybridized carbons (Fsp3) is 0.429. The Morgan fingerprint density at radius 2 is 2.21 bits per heavy atom. The molecule has 1 aliphatic rings. The van der Waals surface area contributed by atoms with Gasteiger partial charge in [0.2, 0.25) is 0 Å². The topological polar surface area (TPSA) is 37.4 Å². The van der Waals surface area contributed by atoms with Gasteiger partial charge in [0.15, 0.2) is 0 Å². The van der Waals surface area contributed by atoms with Gasteiger partial charge in [-0.25, -0.2) is 0 Å². The number of hydrogen-bond acceptors (Lipinski definition) is 2. The quantitative estimate of drug-likeness (QED) is 0.838. The van der Waals surface area contributed by atoms with E-state index < -0.39 is 0 Å². The van der Waals surface area contributed by atoms with Crippen molar-refractivity contribution in [2.45, 2.75) is 32.2 Å². The summed E-state index contributed by atoms with van der Waals surface area (Å²) < 4.78 is 0.771. The highest BCUT2D eigenvalue weighted by Gasteiger charge is 2.30. The molecule has 0 saturated carbocycles. The third-order valence-corrected chi connectivity index (χ3v) is 4.56. The number of amides is 1. The van der Waals surface area contributed by atoms with Gasteiger partial charge < -0.3 is 4.90 Å². The van der Waals surface area contributed by atoms with Crippen molar-refractivity contribution in [1.29, 1.82) is 0 Å². The largest absolute Gasteiger partial charge is 0.335 e. The lowest BCUT2D eigenvalue weighted by atomic mass is 10.1. The first-order valence-electron chi connectivity index (χ1n) is 6.24. The Labute approximate surface area is 126 Å². The maximum atomic E-state index is 12.4. The highest BCUT2D eigenvalue weighted by Crippen LogP contribution is 2.27. The van der Waals surface area contributed by atoms with E-state index in [1.54, 1.807) is 30.0 Å². The molecule has 2 rings (SSSR count). The Morgan fingerprint density at radius 3 is 2.84 bits per heavy atom. The van der Waals surface area contributed by atoms with Gasteiger partial charge in [-0.1, -0.05) is 11.6 Å². The molecule has 3 nitrogen and oxygen atoms in total. The molecule has 102 valence electrons. The highest BCUT2D eigenvalue weighted by atomic mass is 79.9. The molecule has 0 radical (unpaired) electrons. The number of Topliss-reactive ketones (excluding diaryl/α,β-unsaturated/α-hetero) is 1. The minimum atomic E-state index is -0.0434. The molecule has 1 fully saturated rings. The van der Waals surface area contributed by atoms with E-state index in [-0.39, 0.29) is 17.7 Å². The molecule has 1 saturated heterocycles. The summed E-state index contributed by atoms with van der Waals surface area (Å²) in [4.78, 5) is 25.5. The van der Waals surface area contributed by atoms with E-state index in [0.29, 0.717) is 23.6 Å². The molecule has 1 amide bonds. The zero-order chi connectivity index (χ0) is 14.0. The zero-order valence-corrected chi connectivity index (χ0v) is 13.0. The molecule has 0 aromatic heterocycles. The van der Waals surface area contributed by atoms with Crippen LogP contribution in [0.25, 0.3) is 0 Å². The third-order valence-electron chi connectivity index (χ3n) is 3.33. The molecule has 1 unspecified atom stereocenters. The number of hydrogen-bond donors (Lipinski definition) is 0. The average molecular weight is 345 g/mol. The van der Waals surface area contributed by atoms with Crippen LogP contribution < -0.4 is 0 Å². The van der Waals surface area contributed by atoms with E-state index in [1.165, 1.54) is 0 Å². The number of likely N-dealkylation sites (tertiary alicyclic amines) is 1. The van der Waals surface area contributed by atoms with E-state index in [9.17, 15) is 9.59 Å². The molecule has 1 aromatic rings. The van der Waals surface area contributed by atoms with Crippen LogP contribution in [0.15, 0.2) is 22.7 Å². The van der Waals surface area contributed by atoms with Gasteiger partial charge in [0.25, 0.3) is 5.91 Å². The normalized spacial score (nSPS) is 18.7. The van der Waals surface area contributed by atoms with Crippen molar-refractivity contribution in [2.75, 3.05) is 6.54 Å². The maximum Gasteiger partial charge on any atom is 0.254 e. The Morgan fingerprint density at radius 1 is 1.47 bits per heavy atom. The molecular formula is C14H15BrClNO2. The zero-order valence-electron chi connectivity index (χ0n) is 10.7. The molecule has 1 heterocycles. The molecule has 19 heavy (non-hydrogen) atoms. The second kappa shape index (κ2) is 6.06. The van der Waals surface area contributed by atoms with Gasteiger partial charge in [0, 0.05) is 29.0 Å². The number of halogens is 2. The molecule has 0 bridgehead atoms. The number of nitrogens with zero attached hydrogens (tertiary/aromatic N) is 1. The summed E-state index contributed by atoms with van der Waals surface area (Å²) in [5, 5.41) is 0.521. The molecule has 0 spiro atoms. The van der Waals surface area contributed by atoms with Gasteiger partial charge >= 0.3 is 0 Å². The lowest BCUT2D eigenvalue weighted by Gasteiger charge is -2.24. The van der Waals surface area contributed by atoms with Crippen molar-refractivity contribution in [3.05, 3.63) is 33.3 Å². The van der Waals surface area contributed by atoms with Gasteiger partial charge in [0.05, 0.1) is 5.02 Å². The van der Waals surface area contributed by atoms with E-state index >= 15 is 0 Å². The first-order valence-corrected chi connectivity index (χ1v) is 7.41. The predicted octanol–water partition coefficient (Wildman–Crippen LogP) is 3.69. The Kier molecular flexibility index (Phi) is 4.63. The minimum Gasteiger partial charge on any atom is -0.335 e. The van der Waals surface area contributed by atoms with E-state index in [2.05, 4.69) is 15.9 Å². The molecule has 5 heteroatoms. The van der Waals surface area contributed by atoms with Crippen LogP contribution in [0.5, 0.6) is 0 Å². The molecule has 1 atom stereocenters. The summed E-state index contributed by atoms with van der Waals surface area (Å²) in [6.45, 7) is 2.28. The van der Waals surface area contributed by atoms with Crippen LogP contribution in [0.1, 0.15) is 36.5 Å². The first-order chi connectivity index (χ1) is 8.99. The predicted molar refractivity (Wildman–Crippen MR) is 78.5 cm³/mol. The lowest BCUT2D eigenvalue weighted by molar-refractivity contribution is -0.117. The molecular weight excluding hydrogens is 330 g/mol. The maximum absolute atomic E-state index is 12.4. The average Bonchev–Trinajstić information content (AvgIpc) is 2.79. The molecule has 0 N–H and O–H groups in total. The van der Waals surface area contributed by atoms with Crippen LogP contribution in [-0.4, -0.2) is 29.2 Å². The smallest absolute Gasteiger partial charge is 0.254 e. The monoisotopic (exact) mass is 343 g/mol. The number of rotatable bonds is 3. The van der Waals surface area contributed by atoms with Crippen molar-refractivity contribution in [3.8, 4) is 0 Å². The van der Waals surface area contributed by atoms with Crippen LogP contribution >= 0.6 is 27.5 Å². The van der Waals surface area contributed by atoms with E-state index in [0.717, 1.165) is 17.3 Å². The van der Waals surface area contributed by atoms with Crippen LogP contribution in [0.3, 0.4) is 0 Å². The van der Waals surface area contributed by atoms with E-state index in [1.807, 2.05) is 0 Å². The number of carbonyl (C=O) groups is 2. The van der Waals surface area contributed by atoms with Gasteiger partial charge in [0.1, 0.15) is 5.78 Å². The number of carbonyl (C=O) groups excluding carboxylic acids is 2. The summed E-state index contributed by atoms with van der Waals surface area (Å²) in [5.41, 5.74) is 0.573. The van der Waals surface area contributed by atoms with Crippen LogP contribution in [-0.2, 0) is 4.79 Å². The fourth-order valence-corrected chi connectivity index (χ4v) is 2.87. The summed E-state index contributed by atoms with van der Waals surface area (Å²) in [7, 11) is 0. The standard InChI is InChI=1S/C14H15BrClNO2/c1-9(18)7-11-3-2-6-17(11)14(19)10-4-5-12(15)13(16)8-10/h4-5,8,11H,2-3,6-7H2,1H3. The summed E-state index contributed by atoms with van der Waals surface area (Å²) >= 11 is 9.32. The van der Waals surface area contributed by atoms with Gasteiger partial charge in [-0.05, 0) is 53.9 Å². The molecule has 1 aromatic carbocycles. The molecule has 1 aliphatic heterocycles. The van der Waals surface area contributed by atoms with Crippen LogP contribution in [0.2, 0.25) is 5.02 Å². The fourth-order valence-electron chi connectivity index (χ4n) is 2.44. The van der Waals surface area contributed by atoms with Crippen molar-refractivity contribution < 1.29 is 9.59 Å². The number of benzene rings is 1. The van der Waals surface area contributed by atoms with Gasteiger partial charge in [-0.3, -0.25) is 9.59 Å². The number of ketones is 1. The summed E-state index contributed by atoms with van der Waals surface area (Å²) in [6.07, 6.45) is 2.29. The van der Waals surface area contributed by atoms with E-state index in [4.69, 9.17) is 11.6 Å². The third kappa shape index (κ3) is 3.37. The second-order valence-corrected chi connectivity index (χ2v) is 6.09. The van der Waals surface area contributed by atoms with Crippen molar-refractivity contribution in [3.63, 3.8) is 0 Å². The Hall–Kier alpha value is -0.870. The molecule has 0 aliphatic carbocycles. The van der Waals surface area contributed by atoms with Crippen LogP contribution in [0, 0.1) is 0 Å². The summed E-state index contributed by atoms with van der Waals surface area (Å²) in [5.74, 6) is 0.0803. The second-order valence-electron chi connectivity index (χ2n) is 4.83. The minimum absolute atomic E-state index is 0.0347. The Bertz CT molecular complexity index is 518. The first kappa shape index (κ1) is 14.5. The van der Waals surface area contributed by atoms with Crippen molar-refractivity contribution in [1.82, 2.24) is 4.90 Å². The Balaban J connectivity index is 2.18. The van der Waals surface area contributed by atoms with Crippen molar-refractivity contribution in [2.24, 2.45) is 0 Å². The van der Waals surface area contributed by atoms with Gasteiger partial charge in [-0.2, -0.15) is 0 Å². The summed E-state index contributed by atoms with van der Waals surface area (Å²) in [6, 6.07) is 5.22. The van der Waals surface area contributed by atoms with Crippen molar-refractivity contribution >= 4 is 39.2 Å². The van der Waals surface area contributed by atoms with Gasteiger partial charge in [-0.15, -0.1) is 0 Å². The van der Waals surface area contributed by atoms with Crippen LogP contribution in [0.4, 0.5) is 0 Å².